The highest BCUT2D eigenvalue weighted by atomic mass is 35.5. The minimum Gasteiger partial charge on any atom is -0.382 e. The normalized spacial score (nSPS) is 18.5. The fraction of sp³-hybridized carbons (Fsp3) is 0.280. The fourth-order valence-electron chi connectivity index (χ4n) is 4.30. The number of pyridine rings is 1. The molecule has 0 amide bonds. The van der Waals surface area contributed by atoms with Crippen LogP contribution in [-0.4, -0.2) is 41.2 Å². The first kappa shape index (κ1) is 23.5. The molecule has 0 saturated carbocycles. The molecule has 1 saturated heterocycles. The molecule has 1 aliphatic heterocycles. The summed E-state index contributed by atoms with van der Waals surface area (Å²) in [6, 6.07) is 18.0. The Kier molecular flexibility index (Phi) is 6.87. The van der Waals surface area contributed by atoms with Crippen molar-refractivity contribution < 1.29 is 9.50 Å². The summed E-state index contributed by atoms with van der Waals surface area (Å²) in [4.78, 5) is 8.42. The van der Waals surface area contributed by atoms with Gasteiger partial charge in [0.1, 0.15) is 17.5 Å². The Morgan fingerprint density at radius 3 is 2.52 bits per heavy atom. The van der Waals surface area contributed by atoms with Crippen LogP contribution in [0.25, 0.3) is 0 Å². The van der Waals surface area contributed by atoms with Gasteiger partial charge in [0, 0.05) is 36.2 Å². The zero-order chi connectivity index (χ0) is 23.6. The average molecular weight is 485 g/mol. The van der Waals surface area contributed by atoms with Crippen molar-refractivity contribution in [3.8, 4) is 6.07 Å². The van der Waals surface area contributed by atoms with Crippen molar-refractivity contribution in [1.29, 1.82) is 5.26 Å². The van der Waals surface area contributed by atoms with E-state index < -0.39 is 11.4 Å². The number of rotatable bonds is 5. The number of hydrogen-bond acceptors (Lipinski definition) is 5. The lowest BCUT2D eigenvalue weighted by Gasteiger charge is -2.45. The predicted octanol–water partition coefficient (Wildman–Crippen LogP) is 5.17. The highest BCUT2D eigenvalue weighted by Gasteiger charge is 2.34. The SMILES string of the molecule is C[C@](O)(CN1CCN(c2ccc(Cl)cc2C#N)[C@H](c2ccc(Cl)cc2)C1)c1ccc(F)cn1. The average Bonchev–Trinajstić information content (AvgIpc) is 2.80. The molecule has 3 aromatic rings. The molecule has 33 heavy (non-hydrogen) atoms. The van der Waals surface area contributed by atoms with Gasteiger partial charge in [0.2, 0.25) is 0 Å². The monoisotopic (exact) mass is 484 g/mol. The maximum atomic E-state index is 13.3. The molecular formula is C25H23Cl2FN4O. The Morgan fingerprint density at radius 1 is 1.12 bits per heavy atom. The molecule has 0 aliphatic carbocycles. The lowest BCUT2D eigenvalue weighted by atomic mass is 9.96. The molecule has 5 nitrogen and oxygen atoms in total. The van der Waals surface area contributed by atoms with Gasteiger partial charge in [-0.2, -0.15) is 5.26 Å². The van der Waals surface area contributed by atoms with E-state index in [9.17, 15) is 14.8 Å². The van der Waals surface area contributed by atoms with Gasteiger partial charge >= 0.3 is 0 Å². The van der Waals surface area contributed by atoms with Crippen molar-refractivity contribution in [3.63, 3.8) is 0 Å². The molecule has 1 aromatic heterocycles. The summed E-state index contributed by atoms with van der Waals surface area (Å²) in [7, 11) is 0. The van der Waals surface area contributed by atoms with Crippen LogP contribution in [0.4, 0.5) is 10.1 Å². The van der Waals surface area contributed by atoms with Crippen molar-refractivity contribution in [2.45, 2.75) is 18.6 Å². The van der Waals surface area contributed by atoms with E-state index in [1.165, 1.54) is 12.1 Å². The lowest BCUT2D eigenvalue weighted by molar-refractivity contribution is 0.00669. The van der Waals surface area contributed by atoms with Crippen LogP contribution >= 0.6 is 23.2 Å². The number of β-amino-alcohol motifs (C(OH)–C–C–N with tert-alkyl or cyclic N) is 1. The molecule has 1 N–H and O–H groups in total. The molecule has 1 fully saturated rings. The van der Waals surface area contributed by atoms with Crippen molar-refractivity contribution in [1.82, 2.24) is 9.88 Å². The summed E-state index contributed by atoms with van der Waals surface area (Å²) in [6.07, 6.45) is 1.11. The van der Waals surface area contributed by atoms with E-state index in [0.29, 0.717) is 47.5 Å². The van der Waals surface area contributed by atoms with E-state index >= 15 is 0 Å². The van der Waals surface area contributed by atoms with E-state index in [2.05, 4.69) is 20.9 Å². The van der Waals surface area contributed by atoms with E-state index in [4.69, 9.17) is 23.2 Å². The number of nitrogens with zero attached hydrogens (tertiary/aromatic N) is 4. The van der Waals surface area contributed by atoms with E-state index in [1.807, 2.05) is 30.3 Å². The molecule has 8 heteroatoms. The number of aromatic nitrogens is 1. The first-order valence-electron chi connectivity index (χ1n) is 10.6. The number of anilines is 1. The first-order valence-corrected chi connectivity index (χ1v) is 11.3. The largest absolute Gasteiger partial charge is 0.382 e. The van der Waals surface area contributed by atoms with Gasteiger partial charge in [0.25, 0.3) is 0 Å². The summed E-state index contributed by atoms with van der Waals surface area (Å²) in [6.45, 7) is 3.91. The third kappa shape index (κ3) is 5.29. The number of nitriles is 1. The molecule has 2 aromatic carbocycles. The van der Waals surface area contributed by atoms with Crippen molar-refractivity contribution in [2.75, 3.05) is 31.1 Å². The van der Waals surface area contributed by atoms with Gasteiger partial charge in [-0.15, -0.1) is 0 Å². The smallest absolute Gasteiger partial charge is 0.141 e. The number of piperazine rings is 1. The fourth-order valence-corrected chi connectivity index (χ4v) is 4.60. The molecule has 0 radical (unpaired) electrons. The summed E-state index contributed by atoms with van der Waals surface area (Å²) < 4.78 is 13.3. The molecule has 170 valence electrons. The molecule has 0 spiro atoms. The highest BCUT2D eigenvalue weighted by molar-refractivity contribution is 6.31. The number of aliphatic hydroxyl groups is 1. The van der Waals surface area contributed by atoms with Gasteiger partial charge in [0.05, 0.1) is 29.2 Å². The second-order valence-corrected chi connectivity index (χ2v) is 9.28. The van der Waals surface area contributed by atoms with E-state index in [1.54, 1.807) is 19.1 Å². The Hall–Kier alpha value is -2.69. The number of halogens is 3. The molecule has 4 rings (SSSR count). The zero-order valence-electron chi connectivity index (χ0n) is 18.0. The second-order valence-electron chi connectivity index (χ2n) is 8.40. The number of benzene rings is 2. The van der Waals surface area contributed by atoms with Crippen LogP contribution < -0.4 is 4.90 Å². The van der Waals surface area contributed by atoms with Crippen molar-refractivity contribution >= 4 is 28.9 Å². The summed E-state index contributed by atoms with van der Waals surface area (Å²) in [5, 5.41) is 21.9. The molecular weight excluding hydrogens is 462 g/mol. The Morgan fingerprint density at radius 2 is 1.85 bits per heavy atom. The summed E-state index contributed by atoms with van der Waals surface area (Å²) >= 11 is 12.2. The third-order valence-corrected chi connectivity index (χ3v) is 6.41. The topological polar surface area (TPSA) is 63.4 Å². The maximum Gasteiger partial charge on any atom is 0.141 e. The lowest BCUT2D eigenvalue weighted by Crippen LogP contribution is -2.52. The first-order chi connectivity index (χ1) is 15.8. The van der Waals surface area contributed by atoms with Gasteiger partial charge in [-0.25, -0.2) is 4.39 Å². The molecule has 0 bridgehead atoms. The molecule has 0 unspecified atom stereocenters. The standard InChI is InChI=1S/C25H23Cl2FN4O/c1-25(33,24-9-7-21(28)14-30-24)16-31-10-11-32(22-8-6-20(27)12-18(22)13-29)23(15-31)17-2-4-19(26)5-3-17/h2-9,12,14,23,33H,10-11,15-16H2,1H3/t23-,25-/m0/s1. The van der Waals surface area contributed by atoms with Gasteiger partial charge in [0.15, 0.2) is 0 Å². The molecule has 1 aliphatic rings. The van der Waals surface area contributed by atoms with E-state index in [-0.39, 0.29) is 6.04 Å². The second kappa shape index (κ2) is 9.66. The van der Waals surface area contributed by atoms with Crippen molar-refractivity contribution in [2.24, 2.45) is 0 Å². The van der Waals surface area contributed by atoms with Gasteiger partial charge in [-0.3, -0.25) is 9.88 Å². The minimum atomic E-state index is -1.25. The van der Waals surface area contributed by atoms with Crippen LogP contribution in [0.2, 0.25) is 10.0 Å². The molecule has 2 atom stereocenters. The van der Waals surface area contributed by atoms with Gasteiger partial charge < -0.3 is 10.0 Å². The van der Waals surface area contributed by atoms with Crippen LogP contribution in [0.3, 0.4) is 0 Å². The zero-order valence-corrected chi connectivity index (χ0v) is 19.6. The van der Waals surface area contributed by atoms with Gasteiger partial charge in [-0.05, 0) is 55.0 Å². The Labute approximate surface area is 202 Å². The predicted molar refractivity (Wildman–Crippen MR) is 128 cm³/mol. The minimum absolute atomic E-state index is 0.0822. The van der Waals surface area contributed by atoms with Gasteiger partial charge in [-0.1, -0.05) is 35.3 Å². The molecule has 2 heterocycles. The van der Waals surface area contributed by atoms with Crippen LogP contribution in [0.1, 0.15) is 29.8 Å². The van der Waals surface area contributed by atoms with Crippen LogP contribution in [0, 0.1) is 17.1 Å². The Balaban J connectivity index is 1.63. The van der Waals surface area contributed by atoms with Crippen LogP contribution in [0.5, 0.6) is 0 Å². The summed E-state index contributed by atoms with van der Waals surface area (Å²) in [5.41, 5.74) is 1.53. The van der Waals surface area contributed by atoms with E-state index in [0.717, 1.165) is 17.4 Å². The maximum absolute atomic E-state index is 13.3. The highest BCUT2D eigenvalue weighted by Crippen LogP contribution is 2.35. The number of hydrogen-bond donors (Lipinski definition) is 1. The van der Waals surface area contributed by atoms with Crippen molar-refractivity contribution in [3.05, 3.63) is 93.5 Å². The van der Waals surface area contributed by atoms with Crippen LogP contribution in [-0.2, 0) is 5.60 Å². The summed E-state index contributed by atoms with van der Waals surface area (Å²) in [5.74, 6) is -0.442. The Bertz CT molecular complexity index is 1160. The van der Waals surface area contributed by atoms with Crippen LogP contribution in [0.15, 0.2) is 60.8 Å². The third-order valence-electron chi connectivity index (χ3n) is 5.92. The quantitative estimate of drug-likeness (QED) is 0.540.